The minimum Gasteiger partial charge on any atom is -0.490 e. The number of ketones is 1. The van der Waals surface area contributed by atoms with E-state index in [1.54, 1.807) is 0 Å². The SMILES string of the molecule is NC(CC(=O)c1cccc(OC2CC2)c1)C1CC1. The van der Waals surface area contributed by atoms with Crippen molar-refractivity contribution in [1.29, 1.82) is 0 Å². The van der Waals surface area contributed by atoms with Crippen molar-refractivity contribution in [3.8, 4) is 5.75 Å². The fraction of sp³-hybridized carbons (Fsp3) is 0.533. The third-order valence-electron chi connectivity index (χ3n) is 3.63. The molecule has 0 spiro atoms. The van der Waals surface area contributed by atoms with E-state index in [9.17, 15) is 4.79 Å². The quantitative estimate of drug-likeness (QED) is 0.783. The summed E-state index contributed by atoms with van der Waals surface area (Å²) in [4.78, 5) is 12.1. The summed E-state index contributed by atoms with van der Waals surface area (Å²) in [5.41, 5.74) is 6.72. The van der Waals surface area contributed by atoms with Crippen molar-refractivity contribution in [3.63, 3.8) is 0 Å². The van der Waals surface area contributed by atoms with Gasteiger partial charge in [0, 0.05) is 18.0 Å². The summed E-state index contributed by atoms with van der Waals surface area (Å²) in [5.74, 6) is 1.51. The van der Waals surface area contributed by atoms with E-state index >= 15 is 0 Å². The van der Waals surface area contributed by atoms with Gasteiger partial charge in [-0.1, -0.05) is 12.1 Å². The minimum atomic E-state index is 0.0329. The molecule has 0 radical (unpaired) electrons. The van der Waals surface area contributed by atoms with Crippen LogP contribution < -0.4 is 10.5 Å². The van der Waals surface area contributed by atoms with Crippen LogP contribution >= 0.6 is 0 Å². The van der Waals surface area contributed by atoms with E-state index in [1.165, 1.54) is 12.8 Å². The highest BCUT2D eigenvalue weighted by molar-refractivity contribution is 5.96. The van der Waals surface area contributed by atoms with Crippen LogP contribution in [-0.4, -0.2) is 17.9 Å². The minimum absolute atomic E-state index is 0.0329. The number of ether oxygens (including phenoxy) is 1. The molecule has 1 aromatic rings. The Hall–Kier alpha value is -1.35. The Morgan fingerprint density at radius 2 is 2.11 bits per heavy atom. The first-order chi connectivity index (χ1) is 8.72. The van der Waals surface area contributed by atoms with Gasteiger partial charge in [-0.15, -0.1) is 0 Å². The molecule has 2 fully saturated rings. The van der Waals surface area contributed by atoms with Crippen molar-refractivity contribution < 1.29 is 9.53 Å². The molecule has 2 saturated carbocycles. The highest BCUT2D eigenvalue weighted by atomic mass is 16.5. The molecule has 3 heteroatoms. The van der Waals surface area contributed by atoms with Crippen molar-refractivity contribution in [2.45, 2.75) is 44.2 Å². The summed E-state index contributed by atoms with van der Waals surface area (Å²) in [6, 6.07) is 7.52. The van der Waals surface area contributed by atoms with Crippen LogP contribution in [0.15, 0.2) is 24.3 Å². The molecule has 0 bridgehead atoms. The van der Waals surface area contributed by atoms with Gasteiger partial charge in [0.1, 0.15) is 5.75 Å². The van der Waals surface area contributed by atoms with Gasteiger partial charge >= 0.3 is 0 Å². The molecule has 2 aliphatic rings. The molecule has 1 atom stereocenters. The molecule has 1 unspecified atom stereocenters. The number of hydrogen-bond acceptors (Lipinski definition) is 3. The van der Waals surface area contributed by atoms with Gasteiger partial charge in [0.15, 0.2) is 5.78 Å². The highest BCUT2D eigenvalue weighted by Crippen LogP contribution is 2.33. The normalized spacial score (nSPS) is 20.5. The average Bonchev–Trinajstić information content (AvgIpc) is 3.22. The molecule has 2 aliphatic carbocycles. The zero-order valence-corrected chi connectivity index (χ0v) is 10.5. The number of nitrogens with two attached hydrogens (primary N) is 1. The van der Waals surface area contributed by atoms with E-state index in [0.717, 1.165) is 24.2 Å². The topological polar surface area (TPSA) is 52.3 Å². The van der Waals surface area contributed by atoms with Gasteiger partial charge in [0.25, 0.3) is 0 Å². The van der Waals surface area contributed by atoms with Crippen LogP contribution in [-0.2, 0) is 0 Å². The molecular weight excluding hydrogens is 226 g/mol. The van der Waals surface area contributed by atoms with Gasteiger partial charge < -0.3 is 10.5 Å². The van der Waals surface area contributed by atoms with Crippen molar-refractivity contribution in [1.82, 2.24) is 0 Å². The fourth-order valence-electron chi connectivity index (χ4n) is 2.14. The molecular formula is C15H19NO2. The van der Waals surface area contributed by atoms with E-state index in [-0.39, 0.29) is 11.8 Å². The highest BCUT2D eigenvalue weighted by Gasteiger charge is 2.30. The Morgan fingerprint density at radius 3 is 2.78 bits per heavy atom. The van der Waals surface area contributed by atoms with Crippen LogP contribution in [0, 0.1) is 5.92 Å². The molecule has 0 heterocycles. The molecule has 3 rings (SSSR count). The summed E-state index contributed by atoms with van der Waals surface area (Å²) >= 11 is 0. The average molecular weight is 245 g/mol. The lowest BCUT2D eigenvalue weighted by molar-refractivity contribution is 0.0971. The van der Waals surface area contributed by atoms with E-state index in [0.29, 0.717) is 18.4 Å². The van der Waals surface area contributed by atoms with E-state index < -0.39 is 0 Å². The molecule has 96 valence electrons. The Bertz CT molecular complexity index is 450. The van der Waals surface area contributed by atoms with Crippen LogP contribution in [0.4, 0.5) is 0 Å². The summed E-state index contributed by atoms with van der Waals surface area (Å²) in [6.07, 6.45) is 5.44. The standard InChI is InChI=1S/C15H19NO2/c16-14(10-4-5-10)9-15(17)11-2-1-3-13(8-11)18-12-6-7-12/h1-3,8,10,12,14H,4-7,9,16H2. The fourth-order valence-corrected chi connectivity index (χ4v) is 2.14. The van der Waals surface area contributed by atoms with Gasteiger partial charge in [-0.05, 0) is 43.7 Å². The van der Waals surface area contributed by atoms with Gasteiger partial charge in [-0.3, -0.25) is 4.79 Å². The summed E-state index contributed by atoms with van der Waals surface area (Å²) in [7, 11) is 0. The predicted molar refractivity (Wildman–Crippen MR) is 69.7 cm³/mol. The Kier molecular flexibility index (Phi) is 3.08. The number of hydrogen-bond donors (Lipinski definition) is 1. The first-order valence-electron chi connectivity index (χ1n) is 6.78. The number of benzene rings is 1. The zero-order chi connectivity index (χ0) is 12.5. The molecule has 0 saturated heterocycles. The van der Waals surface area contributed by atoms with E-state index in [1.807, 2.05) is 24.3 Å². The lowest BCUT2D eigenvalue weighted by Crippen LogP contribution is -2.25. The monoisotopic (exact) mass is 245 g/mol. The maximum atomic E-state index is 12.1. The largest absolute Gasteiger partial charge is 0.490 e. The smallest absolute Gasteiger partial charge is 0.164 e. The molecule has 0 amide bonds. The van der Waals surface area contributed by atoms with Gasteiger partial charge in [0.2, 0.25) is 0 Å². The number of carbonyl (C=O) groups is 1. The second-order valence-electron chi connectivity index (χ2n) is 5.47. The summed E-state index contributed by atoms with van der Waals surface area (Å²) in [6.45, 7) is 0. The van der Waals surface area contributed by atoms with Crippen molar-refractivity contribution in [3.05, 3.63) is 29.8 Å². The second-order valence-corrected chi connectivity index (χ2v) is 5.47. The molecule has 3 nitrogen and oxygen atoms in total. The third kappa shape index (κ3) is 2.91. The molecule has 0 aliphatic heterocycles. The Morgan fingerprint density at radius 1 is 1.33 bits per heavy atom. The van der Waals surface area contributed by atoms with Gasteiger partial charge in [-0.2, -0.15) is 0 Å². The van der Waals surface area contributed by atoms with E-state index in [4.69, 9.17) is 10.5 Å². The molecule has 0 aromatic heterocycles. The van der Waals surface area contributed by atoms with Crippen molar-refractivity contribution in [2.75, 3.05) is 0 Å². The first kappa shape index (κ1) is 11.7. The van der Waals surface area contributed by atoms with Crippen LogP contribution in [0.5, 0.6) is 5.75 Å². The van der Waals surface area contributed by atoms with Crippen LogP contribution in [0.25, 0.3) is 0 Å². The van der Waals surface area contributed by atoms with Crippen LogP contribution in [0.1, 0.15) is 42.5 Å². The zero-order valence-electron chi connectivity index (χ0n) is 10.5. The van der Waals surface area contributed by atoms with Crippen molar-refractivity contribution in [2.24, 2.45) is 11.7 Å². The van der Waals surface area contributed by atoms with E-state index in [2.05, 4.69) is 0 Å². The van der Waals surface area contributed by atoms with Crippen LogP contribution in [0.3, 0.4) is 0 Å². The lowest BCUT2D eigenvalue weighted by atomic mass is 10.0. The van der Waals surface area contributed by atoms with Crippen LogP contribution in [0.2, 0.25) is 0 Å². The van der Waals surface area contributed by atoms with Gasteiger partial charge in [0.05, 0.1) is 6.10 Å². The summed E-state index contributed by atoms with van der Waals surface area (Å²) < 4.78 is 5.70. The first-order valence-corrected chi connectivity index (χ1v) is 6.78. The lowest BCUT2D eigenvalue weighted by Gasteiger charge is -2.10. The molecule has 18 heavy (non-hydrogen) atoms. The Labute approximate surface area is 107 Å². The van der Waals surface area contributed by atoms with Crippen molar-refractivity contribution >= 4 is 5.78 Å². The number of carbonyl (C=O) groups excluding carboxylic acids is 1. The third-order valence-corrected chi connectivity index (χ3v) is 3.63. The second kappa shape index (κ2) is 4.73. The number of rotatable bonds is 6. The maximum Gasteiger partial charge on any atom is 0.164 e. The predicted octanol–water partition coefficient (Wildman–Crippen LogP) is 2.54. The maximum absolute atomic E-state index is 12.1. The Balaban J connectivity index is 1.63. The molecule has 1 aromatic carbocycles. The molecule has 2 N–H and O–H groups in total. The number of Topliss-reactive ketones (excluding diaryl/α,β-unsaturated/α-hetero) is 1. The summed E-state index contributed by atoms with van der Waals surface area (Å²) in [5, 5.41) is 0. The van der Waals surface area contributed by atoms with Gasteiger partial charge in [-0.25, -0.2) is 0 Å².